The van der Waals surface area contributed by atoms with Gasteiger partial charge in [0.1, 0.15) is 0 Å². The van der Waals surface area contributed by atoms with E-state index >= 15 is 0 Å². The molecule has 0 heterocycles. The Hall–Kier alpha value is -0.240. The third-order valence-electron chi connectivity index (χ3n) is 4.42. The highest BCUT2D eigenvalue weighted by Crippen LogP contribution is 2.38. The molecule has 2 rings (SSSR count). The topological polar surface area (TPSA) is 26.0 Å². The molecule has 19 heavy (non-hydrogen) atoms. The SMILES string of the molecule is CC(C)C1CCCC(N)(Cc2ccc(Cl)cc2Cl)C1. The van der Waals surface area contributed by atoms with Gasteiger partial charge < -0.3 is 5.73 Å². The van der Waals surface area contributed by atoms with E-state index in [9.17, 15) is 0 Å². The standard InChI is InChI=1S/C16H23Cl2N/c1-11(2)12-4-3-7-16(19,9-12)10-13-5-6-14(17)8-15(13)18/h5-6,8,11-12H,3-4,7,9-10,19H2,1-2H3. The Bertz CT molecular complexity index is 444. The molecule has 2 unspecified atom stereocenters. The van der Waals surface area contributed by atoms with Gasteiger partial charge in [-0.2, -0.15) is 0 Å². The van der Waals surface area contributed by atoms with Crippen molar-refractivity contribution in [1.29, 1.82) is 0 Å². The summed E-state index contributed by atoms with van der Waals surface area (Å²) in [5.74, 6) is 1.45. The van der Waals surface area contributed by atoms with Gasteiger partial charge >= 0.3 is 0 Å². The first-order valence-electron chi connectivity index (χ1n) is 7.12. The van der Waals surface area contributed by atoms with E-state index in [0.29, 0.717) is 10.9 Å². The fourth-order valence-electron chi connectivity index (χ4n) is 3.22. The molecule has 0 amide bonds. The monoisotopic (exact) mass is 299 g/mol. The Labute approximate surface area is 126 Å². The smallest absolute Gasteiger partial charge is 0.0453 e. The Balaban J connectivity index is 2.12. The molecule has 0 bridgehead atoms. The molecule has 3 heteroatoms. The van der Waals surface area contributed by atoms with Gasteiger partial charge in [-0.15, -0.1) is 0 Å². The van der Waals surface area contributed by atoms with Crippen molar-refractivity contribution in [2.24, 2.45) is 17.6 Å². The van der Waals surface area contributed by atoms with Crippen LogP contribution in [0, 0.1) is 11.8 Å². The van der Waals surface area contributed by atoms with Crippen molar-refractivity contribution < 1.29 is 0 Å². The molecule has 1 aromatic carbocycles. The second-order valence-corrected chi connectivity index (χ2v) is 7.22. The van der Waals surface area contributed by atoms with Crippen LogP contribution in [0.5, 0.6) is 0 Å². The fourth-order valence-corrected chi connectivity index (χ4v) is 3.69. The van der Waals surface area contributed by atoms with E-state index in [4.69, 9.17) is 28.9 Å². The van der Waals surface area contributed by atoms with E-state index in [-0.39, 0.29) is 5.54 Å². The van der Waals surface area contributed by atoms with Gasteiger partial charge in [0.15, 0.2) is 0 Å². The highest BCUT2D eigenvalue weighted by Gasteiger charge is 2.34. The van der Waals surface area contributed by atoms with Crippen LogP contribution >= 0.6 is 23.2 Å². The molecule has 1 aliphatic rings. The predicted molar refractivity (Wildman–Crippen MR) is 83.9 cm³/mol. The highest BCUT2D eigenvalue weighted by atomic mass is 35.5. The molecule has 106 valence electrons. The van der Waals surface area contributed by atoms with Crippen LogP contribution in [0.4, 0.5) is 0 Å². The van der Waals surface area contributed by atoms with Gasteiger partial charge in [0.2, 0.25) is 0 Å². The maximum atomic E-state index is 6.63. The number of hydrogen-bond acceptors (Lipinski definition) is 1. The van der Waals surface area contributed by atoms with Crippen molar-refractivity contribution in [3.8, 4) is 0 Å². The third kappa shape index (κ3) is 3.87. The van der Waals surface area contributed by atoms with Crippen LogP contribution in [0.25, 0.3) is 0 Å². The number of benzene rings is 1. The molecular weight excluding hydrogens is 277 g/mol. The molecule has 0 radical (unpaired) electrons. The van der Waals surface area contributed by atoms with Crippen LogP contribution in [-0.4, -0.2) is 5.54 Å². The number of nitrogens with two attached hydrogens (primary N) is 1. The minimum absolute atomic E-state index is 0.106. The summed E-state index contributed by atoms with van der Waals surface area (Å²) in [5.41, 5.74) is 7.65. The van der Waals surface area contributed by atoms with Crippen LogP contribution < -0.4 is 5.73 Å². The lowest BCUT2D eigenvalue weighted by Gasteiger charge is -2.40. The van der Waals surface area contributed by atoms with Crippen molar-refractivity contribution in [2.45, 2.75) is 51.5 Å². The predicted octanol–water partition coefficient (Wildman–Crippen LogP) is 5.08. The van der Waals surface area contributed by atoms with Gasteiger partial charge in [-0.1, -0.05) is 56.0 Å². The zero-order valence-corrected chi connectivity index (χ0v) is 13.3. The first kappa shape index (κ1) is 15.2. The lowest BCUT2D eigenvalue weighted by molar-refractivity contribution is 0.182. The van der Waals surface area contributed by atoms with Crippen molar-refractivity contribution >= 4 is 23.2 Å². The summed E-state index contributed by atoms with van der Waals surface area (Å²) in [6, 6.07) is 5.72. The lowest BCUT2D eigenvalue weighted by Crippen LogP contribution is -2.47. The van der Waals surface area contributed by atoms with Crippen molar-refractivity contribution in [3.05, 3.63) is 33.8 Å². The Morgan fingerprint density at radius 2 is 2.11 bits per heavy atom. The van der Waals surface area contributed by atoms with Gasteiger partial charge in [-0.3, -0.25) is 0 Å². The summed E-state index contributed by atoms with van der Waals surface area (Å²) >= 11 is 12.2. The number of rotatable bonds is 3. The minimum atomic E-state index is -0.106. The van der Waals surface area contributed by atoms with E-state index in [1.807, 2.05) is 18.2 Å². The summed E-state index contributed by atoms with van der Waals surface area (Å²) in [7, 11) is 0. The minimum Gasteiger partial charge on any atom is -0.325 e. The van der Waals surface area contributed by atoms with Gasteiger partial charge in [-0.25, -0.2) is 0 Å². The van der Waals surface area contributed by atoms with E-state index in [0.717, 1.165) is 35.8 Å². The summed E-state index contributed by atoms with van der Waals surface area (Å²) in [6.07, 6.45) is 5.58. The molecule has 1 aliphatic carbocycles. The first-order valence-corrected chi connectivity index (χ1v) is 7.88. The maximum Gasteiger partial charge on any atom is 0.0453 e. The number of hydrogen-bond donors (Lipinski definition) is 1. The van der Waals surface area contributed by atoms with Crippen molar-refractivity contribution in [3.63, 3.8) is 0 Å². The Morgan fingerprint density at radius 1 is 1.37 bits per heavy atom. The van der Waals surface area contributed by atoms with Gasteiger partial charge in [-0.05, 0) is 48.8 Å². The van der Waals surface area contributed by atoms with Gasteiger partial charge in [0, 0.05) is 15.6 Å². The Morgan fingerprint density at radius 3 is 2.74 bits per heavy atom. The highest BCUT2D eigenvalue weighted by molar-refractivity contribution is 6.35. The van der Waals surface area contributed by atoms with Crippen LogP contribution in [-0.2, 0) is 6.42 Å². The fraction of sp³-hybridized carbons (Fsp3) is 0.625. The first-order chi connectivity index (χ1) is 8.89. The second kappa shape index (κ2) is 6.03. The average molecular weight is 300 g/mol. The quantitative estimate of drug-likeness (QED) is 0.827. The molecule has 1 saturated carbocycles. The third-order valence-corrected chi connectivity index (χ3v) is 5.01. The molecule has 0 aliphatic heterocycles. The van der Waals surface area contributed by atoms with Gasteiger partial charge in [0.25, 0.3) is 0 Å². The maximum absolute atomic E-state index is 6.63. The van der Waals surface area contributed by atoms with Crippen molar-refractivity contribution in [1.82, 2.24) is 0 Å². The summed E-state index contributed by atoms with van der Waals surface area (Å²) in [6.45, 7) is 4.59. The molecule has 0 saturated heterocycles. The van der Waals surface area contributed by atoms with E-state index in [2.05, 4.69) is 13.8 Å². The molecule has 0 aromatic heterocycles. The molecule has 0 spiro atoms. The van der Waals surface area contributed by atoms with Crippen molar-refractivity contribution in [2.75, 3.05) is 0 Å². The molecular formula is C16H23Cl2N. The van der Waals surface area contributed by atoms with Crippen LogP contribution in [0.3, 0.4) is 0 Å². The van der Waals surface area contributed by atoms with E-state index < -0.39 is 0 Å². The number of halogens is 2. The zero-order chi connectivity index (χ0) is 14.0. The molecule has 1 nitrogen and oxygen atoms in total. The van der Waals surface area contributed by atoms with Crippen LogP contribution in [0.1, 0.15) is 45.1 Å². The average Bonchev–Trinajstić information content (AvgIpc) is 2.33. The van der Waals surface area contributed by atoms with E-state index in [1.165, 1.54) is 12.8 Å². The van der Waals surface area contributed by atoms with Crippen LogP contribution in [0.15, 0.2) is 18.2 Å². The van der Waals surface area contributed by atoms with Gasteiger partial charge in [0.05, 0.1) is 0 Å². The molecule has 2 atom stereocenters. The van der Waals surface area contributed by atoms with E-state index in [1.54, 1.807) is 0 Å². The normalized spacial score (nSPS) is 27.8. The zero-order valence-electron chi connectivity index (χ0n) is 11.8. The summed E-state index contributed by atoms with van der Waals surface area (Å²) < 4.78 is 0. The molecule has 2 N–H and O–H groups in total. The summed E-state index contributed by atoms with van der Waals surface area (Å²) in [5, 5.41) is 1.42. The molecule has 1 aromatic rings. The molecule has 1 fully saturated rings. The Kier molecular flexibility index (Phi) is 4.81. The summed E-state index contributed by atoms with van der Waals surface area (Å²) in [4.78, 5) is 0. The second-order valence-electron chi connectivity index (χ2n) is 6.38. The largest absolute Gasteiger partial charge is 0.325 e. The van der Waals surface area contributed by atoms with Crippen LogP contribution in [0.2, 0.25) is 10.0 Å². The lowest BCUT2D eigenvalue weighted by atomic mass is 9.70.